The van der Waals surface area contributed by atoms with Gasteiger partial charge in [-0.3, -0.25) is 24.1 Å². The molecular formula is C33H22Cl2F2N2O7. The van der Waals surface area contributed by atoms with Crippen molar-refractivity contribution in [3.8, 4) is 5.75 Å². The van der Waals surface area contributed by atoms with Crippen molar-refractivity contribution in [3.63, 3.8) is 0 Å². The Hall–Kier alpha value is -4.61. The summed E-state index contributed by atoms with van der Waals surface area (Å²) in [6, 6.07) is 13.4. The van der Waals surface area contributed by atoms with Gasteiger partial charge < -0.3 is 10.2 Å². The number of carboxylic acids is 1. The van der Waals surface area contributed by atoms with Crippen LogP contribution in [0.3, 0.4) is 0 Å². The van der Waals surface area contributed by atoms with E-state index in [1.807, 2.05) is 0 Å². The normalized spacial score (nSPS) is 30.2. The highest BCUT2D eigenvalue weighted by Gasteiger charge is 2.77. The Labute approximate surface area is 269 Å². The SMILES string of the molecule is O=C(O)c1cccc(N2C(=O)C3CC=C4C(CC5(Cl)C(=O)N(c6ccc(F)cc6)C(=O)C5(Cl)C4c4cccc(F)c4O)C3C2=O)c1. The van der Waals surface area contributed by atoms with Gasteiger partial charge in [-0.05, 0) is 67.3 Å². The highest BCUT2D eigenvalue weighted by molar-refractivity contribution is 6.58. The van der Waals surface area contributed by atoms with E-state index < -0.39 is 80.4 Å². The van der Waals surface area contributed by atoms with E-state index in [-0.39, 0.29) is 35.3 Å². The number of benzene rings is 3. The summed E-state index contributed by atoms with van der Waals surface area (Å²) in [4.78, 5) is 65.0. The number of phenolic OH excluding ortho intramolecular Hbond substituents is 1. The number of aromatic carboxylic acids is 1. The van der Waals surface area contributed by atoms with Crippen molar-refractivity contribution in [2.24, 2.45) is 17.8 Å². The standard InChI is InChI=1S/C33H22Cl2F2N2O7/c34-32-14-22-19(11-12-20-24(22)28(42)38(27(20)41)18-4-1-3-15(13-18)29(43)44)25(21-5-2-6-23(37)26(21)40)33(32,35)31(46)39(30(32)45)17-9-7-16(36)8-10-17/h1-11,13,20,22,24-25,40H,12,14H2,(H,43,44). The fourth-order valence-corrected chi connectivity index (χ4v) is 8.47. The molecule has 2 aliphatic carbocycles. The fraction of sp³-hybridized carbons (Fsp3) is 0.242. The van der Waals surface area contributed by atoms with Crippen LogP contribution >= 0.6 is 23.2 Å². The van der Waals surface area contributed by atoms with Gasteiger partial charge in [0.1, 0.15) is 5.82 Å². The van der Waals surface area contributed by atoms with Crippen molar-refractivity contribution in [2.75, 3.05) is 9.80 Å². The van der Waals surface area contributed by atoms with Gasteiger partial charge in [-0.15, -0.1) is 23.2 Å². The lowest BCUT2D eigenvalue weighted by atomic mass is 9.56. The number of phenols is 1. The predicted octanol–water partition coefficient (Wildman–Crippen LogP) is 5.14. The van der Waals surface area contributed by atoms with Gasteiger partial charge in [0.25, 0.3) is 11.8 Å². The molecule has 0 radical (unpaired) electrons. The third-order valence-electron chi connectivity index (χ3n) is 9.58. The second-order valence-electron chi connectivity index (χ2n) is 11.8. The van der Waals surface area contributed by atoms with Gasteiger partial charge >= 0.3 is 5.97 Å². The predicted molar refractivity (Wildman–Crippen MR) is 161 cm³/mol. The molecule has 2 N–H and O–H groups in total. The molecule has 4 amide bonds. The van der Waals surface area contributed by atoms with Gasteiger partial charge in [0.2, 0.25) is 11.8 Å². The number of halogens is 4. The number of aromatic hydroxyl groups is 1. The number of rotatable bonds is 4. The lowest BCUT2D eigenvalue weighted by Crippen LogP contribution is -2.60. The summed E-state index contributed by atoms with van der Waals surface area (Å²) >= 11 is 14.4. The second-order valence-corrected chi connectivity index (χ2v) is 13.0. The molecule has 46 heavy (non-hydrogen) atoms. The van der Waals surface area contributed by atoms with Crippen molar-refractivity contribution in [3.05, 3.63) is 101 Å². The smallest absolute Gasteiger partial charge is 0.335 e. The van der Waals surface area contributed by atoms with E-state index in [4.69, 9.17) is 23.2 Å². The number of carbonyl (C=O) groups is 5. The first kappa shape index (κ1) is 30.1. The first-order chi connectivity index (χ1) is 21.8. The molecule has 234 valence electrons. The molecule has 9 nitrogen and oxygen atoms in total. The van der Waals surface area contributed by atoms with E-state index in [9.17, 15) is 43.0 Å². The van der Waals surface area contributed by atoms with Crippen LogP contribution in [0.5, 0.6) is 5.75 Å². The highest BCUT2D eigenvalue weighted by Crippen LogP contribution is 2.66. The van der Waals surface area contributed by atoms with Crippen LogP contribution in [0, 0.1) is 29.4 Å². The van der Waals surface area contributed by atoms with E-state index in [0.29, 0.717) is 5.57 Å². The number of nitrogens with zero attached hydrogens (tertiary/aromatic N) is 2. The zero-order valence-corrected chi connectivity index (χ0v) is 25.0. The average Bonchev–Trinajstić information content (AvgIpc) is 3.37. The summed E-state index contributed by atoms with van der Waals surface area (Å²) in [7, 11) is 0. The number of hydrogen-bond acceptors (Lipinski definition) is 6. The van der Waals surface area contributed by atoms with Crippen LogP contribution in [0.25, 0.3) is 0 Å². The third kappa shape index (κ3) is 3.88. The number of alkyl halides is 2. The molecule has 2 heterocycles. The minimum atomic E-state index is -2.35. The molecule has 3 aromatic carbocycles. The van der Waals surface area contributed by atoms with Crippen LogP contribution < -0.4 is 9.80 Å². The molecule has 0 bridgehead atoms. The maximum absolute atomic E-state index is 14.8. The number of carboxylic acid groups (broad SMARTS) is 1. The number of anilines is 2. The Morgan fingerprint density at radius 2 is 1.54 bits per heavy atom. The van der Waals surface area contributed by atoms with E-state index in [1.165, 1.54) is 48.5 Å². The largest absolute Gasteiger partial charge is 0.505 e. The van der Waals surface area contributed by atoms with Crippen LogP contribution in [0.15, 0.2) is 78.4 Å². The topological polar surface area (TPSA) is 132 Å². The van der Waals surface area contributed by atoms with Gasteiger partial charge in [-0.25, -0.2) is 18.5 Å². The number of allylic oxidation sites excluding steroid dienone is 2. The van der Waals surface area contributed by atoms with Crippen LogP contribution in [0.2, 0.25) is 0 Å². The number of imide groups is 2. The first-order valence-corrected chi connectivity index (χ1v) is 15.0. The number of amides is 4. The van der Waals surface area contributed by atoms with Gasteiger partial charge in [-0.1, -0.05) is 29.8 Å². The molecule has 3 aromatic rings. The van der Waals surface area contributed by atoms with Crippen molar-refractivity contribution >= 4 is 64.2 Å². The highest BCUT2D eigenvalue weighted by atomic mass is 35.5. The summed E-state index contributed by atoms with van der Waals surface area (Å²) in [6.45, 7) is 0. The molecule has 3 fully saturated rings. The fourth-order valence-electron chi connectivity index (χ4n) is 7.54. The maximum atomic E-state index is 14.8. The van der Waals surface area contributed by atoms with E-state index >= 15 is 0 Å². The molecule has 1 saturated carbocycles. The van der Waals surface area contributed by atoms with Crippen molar-refractivity contribution < 1.29 is 43.0 Å². The molecule has 6 unspecified atom stereocenters. The lowest BCUT2D eigenvalue weighted by Gasteiger charge is -2.50. The number of fused-ring (bicyclic) bond motifs is 4. The quantitative estimate of drug-likeness (QED) is 0.224. The minimum Gasteiger partial charge on any atom is -0.505 e. The third-order valence-corrected chi connectivity index (χ3v) is 11.0. The number of para-hydroxylation sites is 1. The zero-order chi connectivity index (χ0) is 32.9. The minimum absolute atomic E-state index is 0.00512. The Balaban J connectivity index is 1.40. The summed E-state index contributed by atoms with van der Waals surface area (Å²) in [6.07, 6.45) is 1.22. The maximum Gasteiger partial charge on any atom is 0.335 e. The summed E-state index contributed by atoms with van der Waals surface area (Å²) in [5.74, 6) is -11.4. The molecule has 7 rings (SSSR count). The van der Waals surface area contributed by atoms with Crippen molar-refractivity contribution in [1.82, 2.24) is 0 Å². The van der Waals surface area contributed by atoms with Gasteiger partial charge in [-0.2, -0.15) is 0 Å². The van der Waals surface area contributed by atoms with Crippen molar-refractivity contribution in [1.29, 1.82) is 0 Å². The number of carbonyl (C=O) groups excluding carboxylic acids is 4. The van der Waals surface area contributed by atoms with Gasteiger partial charge in [0.15, 0.2) is 21.3 Å². The second kappa shape index (κ2) is 10.2. The summed E-state index contributed by atoms with van der Waals surface area (Å²) in [5, 5.41) is 20.4. The Kier molecular flexibility index (Phi) is 6.67. The Morgan fingerprint density at radius 3 is 2.24 bits per heavy atom. The molecule has 6 atom stereocenters. The van der Waals surface area contributed by atoms with E-state index in [0.717, 1.165) is 28.0 Å². The van der Waals surface area contributed by atoms with Crippen LogP contribution in [0.4, 0.5) is 20.2 Å². The van der Waals surface area contributed by atoms with Crippen LogP contribution in [0.1, 0.15) is 34.7 Å². The van der Waals surface area contributed by atoms with Gasteiger partial charge in [0.05, 0.1) is 28.8 Å². The molecule has 0 aromatic heterocycles. The van der Waals surface area contributed by atoms with E-state index in [1.54, 1.807) is 6.08 Å². The van der Waals surface area contributed by atoms with E-state index in [2.05, 4.69) is 0 Å². The molecule has 4 aliphatic rings. The number of hydrogen-bond donors (Lipinski definition) is 2. The summed E-state index contributed by atoms with van der Waals surface area (Å²) in [5.41, 5.74) is 0.0354. The van der Waals surface area contributed by atoms with Crippen LogP contribution in [-0.4, -0.2) is 49.6 Å². The Morgan fingerprint density at radius 1 is 0.848 bits per heavy atom. The van der Waals surface area contributed by atoms with Crippen LogP contribution in [-0.2, 0) is 19.2 Å². The first-order valence-electron chi connectivity index (χ1n) is 14.2. The molecule has 2 aliphatic heterocycles. The molecule has 13 heteroatoms. The van der Waals surface area contributed by atoms with Gasteiger partial charge in [0, 0.05) is 11.5 Å². The monoisotopic (exact) mass is 666 g/mol. The molecule has 0 spiro atoms. The lowest BCUT2D eigenvalue weighted by molar-refractivity contribution is -0.125. The summed E-state index contributed by atoms with van der Waals surface area (Å²) < 4.78 is 28.6. The zero-order valence-electron chi connectivity index (χ0n) is 23.5. The molecular weight excluding hydrogens is 645 g/mol. The molecule has 2 saturated heterocycles. The average molecular weight is 667 g/mol. The Bertz CT molecular complexity index is 1930. The van der Waals surface area contributed by atoms with Crippen molar-refractivity contribution in [2.45, 2.75) is 28.5 Å².